The Bertz CT molecular complexity index is 516. The molecule has 1 aliphatic carbocycles. The molecule has 0 heterocycles. The van der Waals surface area contributed by atoms with E-state index in [0.717, 1.165) is 18.5 Å². The van der Waals surface area contributed by atoms with Crippen LogP contribution in [-0.2, 0) is 11.3 Å². The Morgan fingerprint density at radius 3 is 2.55 bits per heavy atom. The first-order valence-electron chi connectivity index (χ1n) is 7.14. The molecular weight excluding hydrogens is 248 g/mol. The van der Waals surface area contributed by atoms with Crippen LogP contribution in [0.25, 0.3) is 0 Å². The van der Waals surface area contributed by atoms with Crippen molar-refractivity contribution < 1.29 is 4.79 Å². The second kappa shape index (κ2) is 5.66. The smallest absolute Gasteiger partial charge is 0.179 e. The molecule has 20 heavy (non-hydrogen) atoms. The van der Waals surface area contributed by atoms with Gasteiger partial charge in [0.15, 0.2) is 6.19 Å². The van der Waals surface area contributed by atoms with Crippen molar-refractivity contribution >= 4 is 5.78 Å². The second-order valence-electron chi connectivity index (χ2n) is 6.38. The van der Waals surface area contributed by atoms with Crippen molar-refractivity contribution in [1.82, 2.24) is 4.90 Å². The summed E-state index contributed by atoms with van der Waals surface area (Å²) in [5.74, 6) is 0.849. The number of Topliss-reactive ketones (excluding diaryl/α,β-unsaturated/α-hetero) is 1. The zero-order valence-corrected chi connectivity index (χ0v) is 12.5. The third-order valence-corrected chi connectivity index (χ3v) is 4.76. The van der Waals surface area contributed by atoms with Crippen molar-refractivity contribution in [3.63, 3.8) is 0 Å². The highest BCUT2D eigenvalue weighted by atomic mass is 16.1. The fourth-order valence-electron chi connectivity index (χ4n) is 3.23. The van der Waals surface area contributed by atoms with Crippen LogP contribution in [0.3, 0.4) is 0 Å². The van der Waals surface area contributed by atoms with Crippen LogP contribution in [0.15, 0.2) is 30.3 Å². The van der Waals surface area contributed by atoms with E-state index in [-0.39, 0.29) is 17.1 Å². The van der Waals surface area contributed by atoms with Gasteiger partial charge in [-0.2, -0.15) is 5.26 Å². The zero-order valence-electron chi connectivity index (χ0n) is 12.5. The minimum Gasteiger partial charge on any atom is -0.306 e. The molecule has 0 amide bonds. The van der Waals surface area contributed by atoms with Gasteiger partial charge in [-0.15, -0.1) is 0 Å². The third kappa shape index (κ3) is 2.85. The number of hydrogen-bond donors (Lipinski definition) is 0. The van der Waals surface area contributed by atoms with Gasteiger partial charge in [0, 0.05) is 12.5 Å². The van der Waals surface area contributed by atoms with Crippen molar-refractivity contribution in [1.29, 1.82) is 5.26 Å². The van der Waals surface area contributed by atoms with E-state index in [0.29, 0.717) is 12.5 Å². The van der Waals surface area contributed by atoms with Crippen LogP contribution in [0.5, 0.6) is 0 Å². The molecule has 0 saturated heterocycles. The Hall–Kier alpha value is -1.82. The molecule has 1 aromatic rings. The van der Waals surface area contributed by atoms with Crippen molar-refractivity contribution in [2.45, 2.75) is 33.7 Å². The number of nitriles is 1. The number of carbonyl (C=O) groups excluding carboxylic acids is 1. The highest BCUT2D eigenvalue weighted by molar-refractivity contribution is 5.80. The lowest BCUT2D eigenvalue weighted by Gasteiger charge is -2.52. The number of carbonyl (C=O) groups is 1. The van der Waals surface area contributed by atoms with Crippen LogP contribution >= 0.6 is 0 Å². The molecule has 1 fully saturated rings. The molecule has 1 aromatic carbocycles. The Morgan fingerprint density at radius 1 is 1.40 bits per heavy atom. The molecule has 106 valence electrons. The molecule has 2 rings (SSSR count). The number of rotatable bonds is 5. The van der Waals surface area contributed by atoms with Crippen LogP contribution < -0.4 is 0 Å². The van der Waals surface area contributed by atoms with Gasteiger partial charge in [0.25, 0.3) is 0 Å². The predicted molar refractivity (Wildman–Crippen MR) is 78.5 cm³/mol. The molecular formula is C17H22N2O. The summed E-state index contributed by atoms with van der Waals surface area (Å²) in [7, 11) is 0. The van der Waals surface area contributed by atoms with Gasteiger partial charge < -0.3 is 4.90 Å². The molecule has 0 spiro atoms. The SMILES string of the molecule is CC(=O)[C@H]1C[C@@H](CN(C#N)Cc2ccccc2)C1(C)C. The van der Waals surface area contributed by atoms with E-state index in [1.165, 1.54) is 0 Å². The van der Waals surface area contributed by atoms with Crippen molar-refractivity contribution in [2.75, 3.05) is 6.54 Å². The Kier molecular flexibility index (Phi) is 4.13. The molecule has 0 bridgehead atoms. The first-order chi connectivity index (χ1) is 9.45. The molecule has 0 aromatic heterocycles. The predicted octanol–water partition coefficient (Wildman–Crippen LogP) is 3.22. The van der Waals surface area contributed by atoms with Gasteiger partial charge in [-0.25, -0.2) is 0 Å². The van der Waals surface area contributed by atoms with Crippen LogP contribution in [0.1, 0.15) is 32.8 Å². The molecule has 0 N–H and O–H groups in total. The number of ketones is 1. The lowest BCUT2D eigenvalue weighted by Crippen LogP contribution is -2.51. The van der Waals surface area contributed by atoms with E-state index >= 15 is 0 Å². The van der Waals surface area contributed by atoms with Gasteiger partial charge in [-0.1, -0.05) is 44.2 Å². The van der Waals surface area contributed by atoms with Crippen molar-refractivity contribution in [3.05, 3.63) is 35.9 Å². The van der Waals surface area contributed by atoms with E-state index in [9.17, 15) is 10.1 Å². The molecule has 3 nitrogen and oxygen atoms in total. The second-order valence-corrected chi connectivity index (χ2v) is 6.38. The summed E-state index contributed by atoms with van der Waals surface area (Å²) in [6, 6.07) is 10.0. The molecule has 2 atom stereocenters. The maximum absolute atomic E-state index is 11.6. The number of hydrogen-bond acceptors (Lipinski definition) is 3. The van der Waals surface area contributed by atoms with Gasteiger partial charge in [0.05, 0.1) is 6.54 Å². The monoisotopic (exact) mass is 270 g/mol. The highest BCUT2D eigenvalue weighted by Gasteiger charge is 2.50. The first kappa shape index (κ1) is 14.6. The summed E-state index contributed by atoms with van der Waals surface area (Å²) in [5.41, 5.74) is 1.16. The normalized spacial score (nSPS) is 23.5. The number of benzene rings is 1. The largest absolute Gasteiger partial charge is 0.306 e. The van der Waals surface area contributed by atoms with E-state index in [1.54, 1.807) is 11.8 Å². The van der Waals surface area contributed by atoms with Crippen LogP contribution in [0.2, 0.25) is 0 Å². The van der Waals surface area contributed by atoms with Gasteiger partial charge in [0.1, 0.15) is 5.78 Å². The minimum atomic E-state index is 0.0115. The lowest BCUT2D eigenvalue weighted by molar-refractivity contribution is -0.136. The van der Waals surface area contributed by atoms with Gasteiger partial charge in [-0.05, 0) is 30.2 Å². The summed E-state index contributed by atoms with van der Waals surface area (Å²) >= 11 is 0. The molecule has 1 saturated carbocycles. The highest BCUT2D eigenvalue weighted by Crippen LogP contribution is 2.51. The summed E-state index contributed by atoms with van der Waals surface area (Å²) in [6.07, 6.45) is 3.19. The zero-order chi connectivity index (χ0) is 14.8. The topological polar surface area (TPSA) is 44.1 Å². The summed E-state index contributed by atoms with van der Waals surface area (Å²) in [4.78, 5) is 13.4. The lowest BCUT2D eigenvalue weighted by atomic mass is 9.53. The Balaban J connectivity index is 1.96. The standard InChI is InChI=1S/C17H22N2O/c1-13(20)16-9-15(17(16,2)3)11-19(12-18)10-14-7-5-4-6-8-14/h4-8,15-16H,9-11H2,1-3H3/t15-,16+/m0/s1. The average molecular weight is 270 g/mol. The summed E-state index contributed by atoms with van der Waals surface area (Å²) in [6.45, 7) is 7.35. The van der Waals surface area contributed by atoms with Gasteiger partial charge >= 0.3 is 0 Å². The first-order valence-corrected chi connectivity index (χ1v) is 7.14. The molecule has 0 radical (unpaired) electrons. The van der Waals surface area contributed by atoms with Crippen molar-refractivity contribution in [3.8, 4) is 6.19 Å². The van der Waals surface area contributed by atoms with E-state index in [2.05, 4.69) is 20.0 Å². The van der Waals surface area contributed by atoms with E-state index in [4.69, 9.17) is 0 Å². The van der Waals surface area contributed by atoms with Gasteiger partial charge in [-0.3, -0.25) is 4.79 Å². The molecule has 0 aliphatic heterocycles. The fourth-order valence-corrected chi connectivity index (χ4v) is 3.23. The minimum absolute atomic E-state index is 0.0115. The fraction of sp³-hybridized carbons (Fsp3) is 0.529. The maximum atomic E-state index is 11.6. The van der Waals surface area contributed by atoms with Crippen molar-refractivity contribution in [2.24, 2.45) is 17.3 Å². The Labute approximate surface area is 121 Å². The summed E-state index contributed by atoms with van der Waals surface area (Å²) < 4.78 is 0. The molecule has 0 unspecified atom stereocenters. The van der Waals surface area contributed by atoms with E-state index in [1.807, 2.05) is 30.3 Å². The van der Waals surface area contributed by atoms with E-state index < -0.39 is 0 Å². The number of nitrogens with zero attached hydrogens (tertiary/aromatic N) is 2. The Morgan fingerprint density at radius 2 is 2.05 bits per heavy atom. The third-order valence-electron chi connectivity index (χ3n) is 4.76. The molecule has 3 heteroatoms. The van der Waals surface area contributed by atoms with Gasteiger partial charge in [0.2, 0.25) is 0 Å². The average Bonchev–Trinajstić information content (AvgIpc) is 2.42. The van der Waals surface area contributed by atoms with Crippen LogP contribution in [0, 0.1) is 28.7 Å². The van der Waals surface area contributed by atoms with Crippen LogP contribution in [-0.4, -0.2) is 17.2 Å². The molecule has 1 aliphatic rings. The quantitative estimate of drug-likeness (QED) is 0.609. The maximum Gasteiger partial charge on any atom is 0.179 e. The van der Waals surface area contributed by atoms with Crippen LogP contribution in [0.4, 0.5) is 0 Å². The summed E-state index contributed by atoms with van der Waals surface area (Å²) in [5, 5.41) is 9.31.